The van der Waals surface area contributed by atoms with Gasteiger partial charge in [0.25, 0.3) is 0 Å². The maximum atomic E-state index is 9.92. The molecule has 0 spiro atoms. The first-order valence-corrected chi connectivity index (χ1v) is 2.78. The van der Waals surface area contributed by atoms with Crippen molar-refractivity contribution < 1.29 is 0 Å². The van der Waals surface area contributed by atoms with Gasteiger partial charge in [-0.15, -0.1) is 0 Å². The first-order valence-electron chi connectivity index (χ1n) is 2.78. The van der Waals surface area contributed by atoms with Crippen molar-refractivity contribution in [2.24, 2.45) is 16.1 Å². The van der Waals surface area contributed by atoms with Crippen LogP contribution in [0.15, 0.2) is 22.6 Å². The van der Waals surface area contributed by atoms with Crippen LogP contribution < -0.4 is 5.73 Å². The minimum atomic E-state index is -0.669. The summed E-state index contributed by atoms with van der Waals surface area (Å²) in [5.41, 5.74) is 5.34. The predicted molar refractivity (Wildman–Crippen MR) is 38.2 cm³/mol. The highest BCUT2D eigenvalue weighted by molar-refractivity contribution is 4.99. The fourth-order valence-corrected chi connectivity index (χ4v) is 0.481. The summed E-state index contributed by atoms with van der Waals surface area (Å²) < 4.78 is 0. The van der Waals surface area contributed by atoms with E-state index < -0.39 is 6.04 Å². The maximum absolute atomic E-state index is 9.92. The smallest absolute Gasteiger partial charge is 0.132 e. The van der Waals surface area contributed by atoms with Crippen molar-refractivity contribution >= 4 is 0 Å². The molecule has 56 valence electrons. The number of rotatable bonds is 5. The SMILES string of the molecule is C=C(N)C(CCN=O)N=O. The Kier molecular flexibility index (Phi) is 4.02. The van der Waals surface area contributed by atoms with Crippen molar-refractivity contribution in [3.63, 3.8) is 0 Å². The summed E-state index contributed by atoms with van der Waals surface area (Å²) in [5, 5.41) is 5.21. The van der Waals surface area contributed by atoms with Crippen LogP contribution in [0.3, 0.4) is 0 Å². The lowest BCUT2D eigenvalue weighted by Gasteiger charge is -2.03. The second kappa shape index (κ2) is 4.60. The molecule has 0 aromatic carbocycles. The third-order valence-electron chi connectivity index (χ3n) is 1.05. The van der Waals surface area contributed by atoms with Gasteiger partial charge in [-0.25, -0.2) is 0 Å². The Labute approximate surface area is 58.2 Å². The topological polar surface area (TPSA) is 84.9 Å². The monoisotopic (exact) mass is 143 g/mol. The van der Waals surface area contributed by atoms with Crippen molar-refractivity contribution in [1.29, 1.82) is 0 Å². The van der Waals surface area contributed by atoms with Gasteiger partial charge in [-0.1, -0.05) is 16.9 Å². The van der Waals surface area contributed by atoms with Crippen molar-refractivity contribution in [2.75, 3.05) is 6.54 Å². The molecule has 0 amide bonds. The Bertz CT molecular complexity index is 146. The third-order valence-corrected chi connectivity index (χ3v) is 1.05. The molecule has 0 saturated carbocycles. The normalized spacial score (nSPS) is 12.0. The van der Waals surface area contributed by atoms with Gasteiger partial charge in [-0.3, -0.25) is 0 Å². The van der Waals surface area contributed by atoms with Crippen LogP contribution in [0.1, 0.15) is 6.42 Å². The lowest BCUT2D eigenvalue weighted by Crippen LogP contribution is -2.14. The third kappa shape index (κ3) is 2.91. The van der Waals surface area contributed by atoms with E-state index in [2.05, 4.69) is 16.9 Å². The van der Waals surface area contributed by atoms with Gasteiger partial charge >= 0.3 is 0 Å². The van der Waals surface area contributed by atoms with E-state index in [-0.39, 0.29) is 18.7 Å². The van der Waals surface area contributed by atoms with Crippen LogP contribution in [0.5, 0.6) is 0 Å². The van der Waals surface area contributed by atoms with Crippen LogP contribution in [0, 0.1) is 9.81 Å². The standard InChI is InChI=1S/C5H9N3O2/c1-4(6)5(8-10)2-3-7-9/h5H,1-3,6H2. The highest BCUT2D eigenvalue weighted by Crippen LogP contribution is 2.02. The van der Waals surface area contributed by atoms with E-state index in [1.54, 1.807) is 0 Å². The van der Waals surface area contributed by atoms with E-state index in [0.29, 0.717) is 0 Å². The zero-order valence-electron chi connectivity index (χ0n) is 5.49. The summed E-state index contributed by atoms with van der Waals surface area (Å²) in [4.78, 5) is 19.5. The summed E-state index contributed by atoms with van der Waals surface area (Å²) in [6.07, 6.45) is 0.252. The number of hydrogen-bond donors (Lipinski definition) is 1. The van der Waals surface area contributed by atoms with Crippen LogP contribution in [-0.4, -0.2) is 12.6 Å². The fraction of sp³-hybridized carbons (Fsp3) is 0.600. The number of nitroso groups, excluding NO2 is 2. The lowest BCUT2D eigenvalue weighted by molar-refractivity contribution is 0.690. The molecule has 0 fully saturated rings. The van der Waals surface area contributed by atoms with Gasteiger partial charge in [0.2, 0.25) is 0 Å². The van der Waals surface area contributed by atoms with Crippen LogP contribution in [0.4, 0.5) is 0 Å². The van der Waals surface area contributed by atoms with Crippen LogP contribution >= 0.6 is 0 Å². The van der Waals surface area contributed by atoms with E-state index in [9.17, 15) is 9.81 Å². The molecule has 0 heterocycles. The molecule has 0 saturated heterocycles. The minimum absolute atomic E-state index is 0.0482. The molecule has 1 unspecified atom stereocenters. The number of hydrogen-bond acceptors (Lipinski definition) is 5. The average Bonchev–Trinajstić information content (AvgIpc) is 1.89. The Hall–Kier alpha value is -1.26. The zero-order chi connectivity index (χ0) is 7.98. The van der Waals surface area contributed by atoms with Gasteiger partial charge in [-0.2, -0.15) is 9.81 Å². The van der Waals surface area contributed by atoms with Crippen molar-refractivity contribution in [3.05, 3.63) is 22.1 Å². The Morgan fingerprint density at radius 1 is 1.60 bits per heavy atom. The van der Waals surface area contributed by atoms with Gasteiger partial charge < -0.3 is 5.73 Å². The average molecular weight is 143 g/mol. The van der Waals surface area contributed by atoms with Crippen molar-refractivity contribution in [1.82, 2.24) is 0 Å². The van der Waals surface area contributed by atoms with Gasteiger partial charge in [0.15, 0.2) is 0 Å². The second-order valence-corrected chi connectivity index (χ2v) is 1.84. The zero-order valence-corrected chi connectivity index (χ0v) is 5.49. The van der Waals surface area contributed by atoms with E-state index in [4.69, 9.17) is 5.73 Å². The second-order valence-electron chi connectivity index (χ2n) is 1.84. The van der Waals surface area contributed by atoms with E-state index in [0.717, 1.165) is 0 Å². The Balaban J connectivity index is 3.71. The molecule has 2 N–H and O–H groups in total. The maximum Gasteiger partial charge on any atom is 0.132 e. The molecule has 0 aromatic rings. The lowest BCUT2D eigenvalue weighted by atomic mass is 10.2. The summed E-state index contributed by atoms with van der Waals surface area (Å²) >= 11 is 0. The minimum Gasteiger partial charge on any atom is -0.401 e. The molecule has 5 heteroatoms. The van der Waals surface area contributed by atoms with Crippen molar-refractivity contribution in [3.8, 4) is 0 Å². The first-order chi connectivity index (χ1) is 4.72. The quantitative estimate of drug-likeness (QED) is 0.576. The van der Waals surface area contributed by atoms with E-state index in [1.165, 1.54) is 0 Å². The molecule has 0 aliphatic heterocycles. The molecule has 0 aromatic heterocycles. The van der Waals surface area contributed by atoms with Crippen LogP contribution in [0.2, 0.25) is 0 Å². The van der Waals surface area contributed by atoms with E-state index in [1.807, 2.05) is 0 Å². The fourth-order valence-electron chi connectivity index (χ4n) is 0.481. The van der Waals surface area contributed by atoms with Gasteiger partial charge in [0, 0.05) is 12.1 Å². The molecule has 0 aliphatic rings. The molecule has 10 heavy (non-hydrogen) atoms. The summed E-state index contributed by atoms with van der Waals surface area (Å²) in [5.74, 6) is 0. The summed E-state index contributed by atoms with van der Waals surface area (Å²) in [6.45, 7) is 3.37. The van der Waals surface area contributed by atoms with Crippen LogP contribution in [0.25, 0.3) is 0 Å². The molecular formula is C5H9N3O2. The van der Waals surface area contributed by atoms with Crippen molar-refractivity contribution in [2.45, 2.75) is 12.5 Å². The molecule has 0 aliphatic carbocycles. The van der Waals surface area contributed by atoms with Gasteiger partial charge in [-0.05, 0) is 0 Å². The summed E-state index contributed by atoms with van der Waals surface area (Å²) in [7, 11) is 0. The van der Waals surface area contributed by atoms with Crippen LogP contribution in [-0.2, 0) is 0 Å². The summed E-state index contributed by atoms with van der Waals surface area (Å²) in [6, 6.07) is -0.669. The highest BCUT2D eigenvalue weighted by Gasteiger charge is 2.08. The molecule has 1 atom stereocenters. The molecule has 5 nitrogen and oxygen atoms in total. The highest BCUT2D eigenvalue weighted by atomic mass is 16.3. The predicted octanol–water partition coefficient (Wildman–Crippen LogP) is 0.750. The van der Waals surface area contributed by atoms with Gasteiger partial charge in [0.05, 0.1) is 6.54 Å². The molecule has 0 rings (SSSR count). The Morgan fingerprint density at radius 2 is 2.20 bits per heavy atom. The molecule has 0 bridgehead atoms. The van der Waals surface area contributed by atoms with Gasteiger partial charge in [0.1, 0.15) is 6.04 Å². The van der Waals surface area contributed by atoms with E-state index >= 15 is 0 Å². The molecular weight excluding hydrogens is 134 g/mol. The largest absolute Gasteiger partial charge is 0.401 e. The first kappa shape index (κ1) is 8.74. The number of nitrogens with two attached hydrogens (primary N) is 1. The Morgan fingerprint density at radius 3 is 2.50 bits per heavy atom. The number of nitrogens with zero attached hydrogens (tertiary/aromatic N) is 2. The molecule has 0 radical (unpaired) electrons.